The number of carbonyl (C=O) groups is 2. The van der Waals surface area contributed by atoms with Crippen molar-refractivity contribution in [3.05, 3.63) is 29.8 Å². The van der Waals surface area contributed by atoms with Gasteiger partial charge in [-0.3, -0.25) is 9.59 Å². The van der Waals surface area contributed by atoms with Crippen LogP contribution in [-0.2, 0) is 4.79 Å². The Morgan fingerprint density at radius 3 is 2.76 bits per heavy atom. The summed E-state index contributed by atoms with van der Waals surface area (Å²) in [5.74, 6) is 0.00116. The molecule has 0 atom stereocenters. The van der Waals surface area contributed by atoms with E-state index in [0.717, 1.165) is 32.4 Å². The fourth-order valence-corrected chi connectivity index (χ4v) is 2.41. The lowest BCUT2D eigenvalue weighted by molar-refractivity contribution is -0.120. The van der Waals surface area contributed by atoms with E-state index < -0.39 is 0 Å². The molecule has 0 bridgehead atoms. The van der Waals surface area contributed by atoms with E-state index in [4.69, 9.17) is 0 Å². The number of benzene rings is 1. The zero-order valence-electron chi connectivity index (χ0n) is 12.4. The van der Waals surface area contributed by atoms with Gasteiger partial charge in [-0.1, -0.05) is 13.0 Å². The van der Waals surface area contributed by atoms with E-state index in [1.807, 2.05) is 13.0 Å². The van der Waals surface area contributed by atoms with E-state index in [0.29, 0.717) is 17.8 Å². The van der Waals surface area contributed by atoms with Crippen LogP contribution in [0.1, 0.15) is 36.5 Å². The van der Waals surface area contributed by atoms with Gasteiger partial charge in [-0.2, -0.15) is 0 Å². The maximum Gasteiger partial charge on any atom is 0.251 e. The van der Waals surface area contributed by atoms with Gasteiger partial charge in [-0.05, 0) is 50.6 Å². The van der Waals surface area contributed by atoms with Crippen molar-refractivity contribution in [3.8, 4) is 0 Å². The number of piperidine rings is 1. The Bertz CT molecular complexity index is 496. The average Bonchev–Trinajstić information content (AvgIpc) is 2.53. The van der Waals surface area contributed by atoms with Gasteiger partial charge in [0.05, 0.1) is 0 Å². The summed E-state index contributed by atoms with van der Waals surface area (Å²) in [7, 11) is 0. The van der Waals surface area contributed by atoms with Crippen molar-refractivity contribution in [2.75, 3.05) is 25.0 Å². The van der Waals surface area contributed by atoms with E-state index >= 15 is 0 Å². The number of hydrogen-bond acceptors (Lipinski definition) is 3. The van der Waals surface area contributed by atoms with E-state index in [1.54, 1.807) is 18.2 Å². The minimum Gasteiger partial charge on any atom is -0.352 e. The summed E-state index contributed by atoms with van der Waals surface area (Å²) < 4.78 is 0. The topological polar surface area (TPSA) is 70.2 Å². The van der Waals surface area contributed by atoms with Gasteiger partial charge in [0.1, 0.15) is 0 Å². The summed E-state index contributed by atoms with van der Waals surface area (Å²) in [6.45, 7) is 4.44. The molecular formula is C16H23N3O2. The molecule has 5 nitrogen and oxygen atoms in total. The second-order valence-corrected chi connectivity index (χ2v) is 5.35. The van der Waals surface area contributed by atoms with E-state index in [9.17, 15) is 9.59 Å². The second-order valence-electron chi connectivity index (χ2n) is 5.35. The van der Waals surface area contributed by atoms with Gasteiger partial charge in [0.15, 0.2) is 0 Å². The molecule has 0 unspecified atom stereocenters. The van der Waals surface area contributed by atoms with Crippen LogP contribution in [0.5, 0.6) is 0 Å². The standard InChI is InChI=1S/C16H23N3O2/c1-2-8-18-15(20)13-4-3-5-14(11-13)19-16(21)12-6-9-17-10-7-12/h3-5,11-12,17H,2,6-10H2,1H3,(H,18,20)(H,19,21). The smallest absolute Gasteiger partial charge is 0.251 e. The summed E-state index contributed by atoms with van der Waals surface area (Å²) in [5, 5.41) is 8.99. The number of hydrogen-bond donors (Lipinski definition) is 3. The van der Waals surface area contributed by atoms with Crippen LogP contribution in [-0.4, -0.2) is 31.4 Å². The first-order valence-corrected chi connectivity index (χ1v) is 7.60. The molecule has 2 rings (SSSR count). The van der Waals surface area contributed by atoms with Crippen molar-refractivity contribution in [1.82, 2.24) is 10.6 Å². The summed E-state index contributed by atoms with van der Waals surface area (Å²) in [6, 6.07) is 7.09. The molecule has 0 aliphatic carbocycles. The summed E-state index contributed by atoms with van der Waals surface area (Å²) in [5.41, 5.74) is 1.26. The highest BCUT2D eigenvalue weighted by Gasteiger charge is 2.21. The van der Waals surface area contributed by atoms with Crippen molar-refractivity contribution in [1.29, 1.82) is 0 Å². The summed E-state index contributed by atoms with van der Waals surface area (Å²) in [6.07, 6.45) is 2.63. The van der Waals surface area contributed by atoms with Crippen molar-refractivity contribution in [3.63, 3.8) is 0 Å². The molecule has 1 heterocycles. The van der Waals surface area contributed by atoms with Gasteiger partial charge in [-0.25, -0.2) is 0 Å². The highest BCUT2D eigenvalue weighted by Crippen LogP contribution is 2.16. The van der Waals surface area contributed by atoms with Crippen LogP contribution < -0.4 is 16.0 Å². The van der Waals surface area contributed by atoms with Gasteiger partial charge in [0.25, 0.3) is 5.91 Å². The summed E-state index contributed by atoms with van der Waals surface area (Å²) in [4.78, 5) is 24.1. The van der Waals surface area contributed by atoms with Crippen LogP contribution in [0.25, 0.3) is 0 Å². The zero-order valence-corrected chi connectivity index (χ0v) is 12.4. The third-order valence-electron chi connectivity index (χ3n) is 3.64. The lowest BCUT2D eigenvalue weighted by Gasteiger charge is -2.21. The fourth-order valence-electron chi connectivity index (χ4n) is 2.41. The Labute approximate surface area is 125 Å². The number of nitrogens with one attached hydrogen (secondary N) is 3. The van der Waals surface area contributed by atoms with Crippen LogP contribution in [0.2, 0.25) is 0 Å². The lowest BCUT2D eigenvalue weighted by atomic mass is 9.97. The van der Waals surface area contributed by atoms with Crippen molar-refractivity contribution in [2.45, 2.75) is 26.2 Å². The molecular weight excluding hydrogens is 266 g/mol. The Balaban J connectivity index is 1.96. The van der Waals surface area contributed by atoms with Crippen LogP contribution in [0.3, 0.4) is 0 Å². The Morgan fingerprint density at radius 2 is 2.05 bits per heavy atom. The molecule has 1 aliphatic heterocycles. The van der Waals surface area contributed by atoms with Gasteiger partial charge < -0.3 is 16.0 Å². The highest BCUT2D eigenvalue weighted by atomic mass is 16.2. The molecule has 21 heavy (non-hydrogen) atoms. The molecule has 0 radical (unpaired) electrons. The number of anilines is 1. The monoisotopic (exact) mass is 289 g/mol. The first kappa shape index (κ1) is 15.5. The molecule has 3 N–H and O–H groups in total. The highest BCUT2D eigenvalue weighted by molar-refractivity contribution is 5.97. The minimum atomic E-state index is -0.102. The van der Waals surface area contributed by atoms with Gasteiger partial charge in [0, 0.05) is 23.7 Å². The molecule has 0 saturated carbocycles. The largest absolute Gasteiger partial charge is 0.352 e. The zero-order chi connectivity index (χ0) is 15.1. The lowest BCUT2D eigenvalue weighted by Crippen LogP contribution is -2.34. The number of rotatable bonds is 5. The predicted molar refractivity (Wildman–Crippen MR) is 83.3 cm³/mol. The van der Waals surface area contributed by atoms with Crippen LogP contribution in [0.15, 0.2) is 24.3 Å². The van der Waals surface area contributed by atoms with E-state index in [1.165, 1.54) is 0 Å². The number of amides is 2. The molecule has 0 aromatic heterocycles. The van der Waals surface area contributed by atoms with E-state index in [2.05, 4.69) is 16.0 Å². The molecule has 114 valence electrons. The minimum absolute atomic E-state index is 0.0441. The third-order valence-corrected chi connectivity index (χ3v) is 3.64. The molecule has 2 amide bonds. The maximum atomic E-state index is 12.2. The molecule has 1 aromatic rings. The predicted octanol–water partition coefficient (Wildman–Crippen LogP) is 1.76. The van der Waals surface area contributed by atoms with Gasteiger partial charge >= 0.3 is 0 Å². The fraction of sp³-hybridized carbons (Fsp3) is 0.500. The average molecular weight is 289 g/mol. The van der Waals surface area contributed by atoms with Crippen LogP contribution >= 0.6 is 0 Å². The van der Waals surface area contributed by atoms with Crippen molar-refractivity contribution >= 4 is 17.5 Å². The third kappa shape index (κ3) is 4.56. The number of carbonyl (C=O) groups excluding carboxylic acids is 2. The van der Waals surface area contributed by atoms with E-state index in [-0.39, 0.29) is 17.7 Å². The van der Waals surface area contributed by atoms with Gasteiger partial charge in [0.2, 0.25) is 5.91 Å². The van der Waals surface area contributed by atoms with Crippen molar-refractivity contribution < 1.29 is 9.59 Å². The quantitative estimate of drug-likeness (QED) is 0.773. The Morgan fingerprint density at radius 1 is 1.29 bits per heavy atom. The Kier molecular flexibility index (Phi) is 5.75. The second kappa shape index (κ2) is 7.78. The van der Waals surface area contributed by atoms with Gasteiger partial charge in [-0.15, -0.1) is 0 Å². The maximum absolute atomic E-state index is 12.2. The normalized spacial score (nSPS) is 15.5. The first-order chi connectivity index (χ1) is 10.2. The SMILES string of the molecule is CCCNC(=O)c1cccc(NC(=O)C2CCNCC2)c1. The Hall–Kier alpha value is -1.88. The molecule has 1 saturated heterocycles. The molecule has 1 aromatic carbocycles. The first-order valence-electron chi connectivity index (χ1n) is 7.60. The molecule has 5 heteroatoms. The van der Waals surface area contributed by atoms with Crippen LogP contribution in [0.4, 0.5) is 5.69 Å². The molecule has 1 fully saturated rings. The molecule has 1 aliphatic rings. The molecule has 0 spiro atoms. The van der Waals surface area contributed by atoms with Crippen molar-refractivity contribution in [2.24, 2.45) is 5.92 Å². The van der Waals surface area contributed by atoms with Crippen LogP contribution in [0, 0.1) is 5.92 Å². The summed E-state index contributed by atoms with van der Waals surface area (Å²) >= 11 is 0.